The molecule has 102 valence electrons. The second-order valence-electron chi connectivity index (χ2n) is 5.27. The van der Waals surface area contributed by atoms with Gasteiger partial charge in [0, 0.05) is 31.2 Å². The minimum absolute atomic E-state index is 0.822. The van der Waals surface area contributed by atoms with Crippen LogP contribution < -0.4 is 10.2 Å². The van der Waals surface area contributed by atoms with Gasteiger partial charge in [-0.25, -0.2) is 4.98 Å². The maximum Gasteiger partial charge on any atom is 0.185 e. The highest BCUT2D eigenvalue weighted by Gasteiger charge is 2.19. The van der Waals surface area contributed by atoms with Crippen molar-refractivity contribution in [3.8, 4) is 0 Å². The average Bonchev–Trinajstić information content (AvgIpc) is 2.81. The van der Waals surface area contributed by atoms with Gasteiger partial charge < -0.3 is 15.1 Å². The summed E-state index contributed by atoms with van der Waals surface area (Å²) in [4.78, 5) is 10.6. The monoisotopic (exact) mass is 268 g/mol. The lowest BCUT2D eigenvalue weighted by atomic mass is 9.97. The molecule has 1 fully saturated rings. The van der Waals surface area contributed by atoms with Gasteiger partial charge in [-0.2, -0.15) is 0 Å². The van der Waals surface area contributed by atoms with Gasteiger partial charge in [0.2, 0.25) is 0 Å². The molecule has 2 heterocycles. The Morgan fingerprint density at radius 1 is 1.50 bits per heavy atom. The summed E-state index contributed by atoms with van der Waals surface area (Å²) in [6, 6.07) is 0. The molecule has 2 rings (SSSR count). The van der Waals surface area contributed by atoms with E-state index in [2.05, 4.69) is 34.2 Å². The highest BCUT2D eigenvalue weighted by Crippen LogP contribution is 2.24. The number of rotatable bonds is 5. The van der Waals surface area contributed by atoms with E-state index in [1.54, 1.807) is 11.3 Å². The predicted octanol–water partition coefficient (Wildman–Crippen LogP) is 1.64. The zero-order valence-corrected chi connectivity index (χ0v) is 12.5. The third-order valence-electron chi connectivity index (χ3n) is 3.59. The van der Waals surface area contributed by atoms with Crippen LogP contribution in [0.25, 0.3) is 0 Å². The molecule has 18 heavy (non-hydrogen) atoms. The van der Waals surface area contributed by atoms with Crippen molar-refractivity contribution >= 4 is 16.5 Å². The van der Waals surface area contributed by atoms with Crippen LogP contribution in [-0.2, 0) is 6.54 Å². The molecule has 1 aliphatic heterocycles. The van der Waals surface area contributed by atoms with E-state index in [1.165, 1.54) is 30.8 Å². The van der Waals surface area contributed by atoms with Crippen LogP contribution in [0.2, 0.25) is 0 Å². The van der Waals surface area contributed by atoms with Gasteiger partial charge in [0.05, 0.1) is 0 Å². The maximum absolute atomic E-state index is 4.51. The zero-order chi connectivity index (χ0) is 13.0. The van der Waals surface area contributed by atoms with Crippen molar-refractivity contribution in [2.45, 2.75) is 19.4 Å². The van der Waals surface area contributed by atoms with Crippen LogP contribution >= 0.6 is 11.3 Å². The molecule has 1 saturated heterocycles. The molecule has 0 atom stereocenters. The lowest BCUT2D eigenvalue weighted by Gasteiger charge is -2.31. The maximum atomic E-state index is 4.51. The van der Waals surface area contributed by atoms with Crippen molar-refractivity contribution in [2.24, 2.45) is 5.92 Å². The van der Waals surface area contributed by atoms with E-state index in [0.29, 0.717) is 0 Å². The Morgan fingerprint density at radius 3 is 2.89 bits per heavy atom. The number of anilines is 1. The lowest BCUT2D eigenvalue weighted by Crippen LogP contribution is -2.35. The molecule has 0 saturated carbocycles. The van der Waals surface area contributed by atoms with Gasteiger partial charge in [0.1, 0.15) is 0 Å². The smallest absolute Gasteiger partial charge is 0.185 e. The van der Waals surface area contributed by atoms with Crippen LogP contribution in [0.5, 0.6) is 0 Å². The Bertz CT molecular complexity index is 358. The Morgan fingerprint density at radius 2 is 2.22 bits per heavy atom. The lowest BCUT2D eigenvalue weighted by molar-refractivity contribution is 0.222. The molecule has 0 spiro atoms. The summed E-state index contributed by atoms with van der Waals surface area (Å²) in [5.74, 6) is 0.822. The summed E-state index contributed by atoms with van der Waals surface area (Å²) in [6.45, 7) is 4.53. The Balaban J connectivity index is 1.84. The molecular formula is C13H24N4S. The minimum atomic E-state index is 0.822. The molecule has 0 unspecified atom stereocenters. The van der Waals surface area contributed by atoms with Gasteiger partial charge in [-0.3, -0.25) is 0 Å². The molecule has 1 N–H and O–H groups in total. The molecule has 0 amide bonds. The molecule has 1 aliphatic rings. The number of piperidine rings is 1. The van der Waals surface area contributed by atoms with Crippen LogP contribution in [0.15, 0.2) is 6.20 Å². The number of aromatic nitrogens is 1. The number of hydrogen-bond donors (Lipinski definition) is 1. The van der Waals surface area contributed by atoms with E-state index in [-0.39, 0.29) is 0 Å². The Kier molecular flexibility index (Phi) is 4.97. The van der Waals surface area contributed by atoms with E-state index in [1.807, 2.05) is 13.2 Å². The largest absolute Gasteiger partial charge is 0.351 e. The molecular weight excluding hydrogens is 244 g/mol. The van der Waals surface area contributed by atoms with Crippen molar-refractivity contribution in [3.63, 3.8) is 0 Å². The van der Waals surface area contributed by atoms with Gasteiger partial charge in [0.15, 0.2) is 5.13 Å². The fourth-order valence-electron chi connectivity index (χ4n) is 2.44. The molecule has 0 radical (unpaired) electrons. The summed E-state index contributed by atoms with van der Waals surface area (Å²) < 4.78 is 0. The van der Waals surface area contributed by atoms with Crippen LogP contribution in [0, 0.1) is 5.92 Å². The van der Waals surface area contributed by atoms with Crippen LogP contribution in [0.3, 0.4) is 0 Å². The molecule has 0 aromatic carbocycles. The normalized spacial score (nSPS) is 18.2. The van der Waals surface area contributed by atoms with Gasteiger partial charge >= 0.3 is 0 Å². The third-order valence-corrected chi connectivity index (χ3v) is 4.70. The number of thiazole rings is 1. The second-order valence-corrected chi connectivity index (χ2v) is 6.36. The summed E-state index contributed by atoms with van der Waals surface area (Å²) in [5, 5.41) is 4.32. The fraction of sp³-hybridized carbons (Fsp3) is 0.769. The second kappa shape index (κ2) is 6.50. The molecule has 1 aromatic heterocycles. The molecule has 5 heteroatoms. The molecule has 0 aliphatic carbocycles. The van der Waals surface area contributed by atoms with Crippen molar-refractivity contribution in [2.75, 3.05) is 45.7 Å². The predicted molar refractivity (Wildman–Crippen MR) is 78.4 cm³/mol. The van der Waals surface area contributed by atoms with Gasteiger partial charge in [0.25, 0.3) is 0 Å². The van der Waals surface area contributed by atoms with Crippen molar-refractivity contribution in [1.82, 2.24) is 15.2 Å². The first-order chi connectivity index (χ1) is 8.69. The highest BCUT2D eigenvalue weighted by molar-refractivity contribution is 7.15. The van der Waals surface area contributed by atoms with Gasteiger partial charge in [-0.05, 0) is 45.9 Å². The zero-order valence-electron chi connectivity index (χ0n) is 11.6. The van der Waals surface area contributed by atoms with Crippen LogP contribution in [0.1, 0.15) is 17.7 Å². The van der Waals surface area contributed by atoms with E-state index in [0.717, 1.165) is 24.1 Å². The molecule has 0 bridgehead atoms. The van der Waals surface area contributed by atoms with E-state index >= 15 is 0 Å². The third kappa shape index (κ3) is 3.67. The first kappa shape index (κ1) is 13.8. The summed E-state index contributed by atoms with van der Waals surface area (Å²) >= 11 is 1.80. The van der Waals surface area contributed by atoms with Crippen LogP contribution in [0.4, 0.5) is 5.13 Å². The summed E-state index contributed by atoms with van der Waals surface area (Å²) in [7, 11) is 6.35. The van der Waals surface area contributed by atoms with Crippen molar-refractivity contribution in [3.05, 3.63) is 11.1 Å². The van der Waals surface area contributed by atoms with Crippen molar-refractivity contribution < 1.29 is 0 Å². The average molecular weight is 268 g/mol. The van der Waals surface area contributed by atoms with Crippen molar-refractivity contribution in [1.29, 1.82) is 0 Å². The first-order valence-corrected chi connectivity index (χ1v) is 7.49. The van der Waals surface area contributed by atoms with E-state index in [9.17, 15) is 0 Å². The SMILES string of the molecule is CNCc1cnc(N(C)CC2CCN(C)CC2)s1. The minimum Gasteiger partial charge on any atom is -0.351 e. The highest BCUT2D eigenvalue weighted by atomic mass is 32.1. The number of nitrogens with one attached hydrogen (secondary N) is 1. The Labute approximate surface area is 114 Å². The van der Waals surface area contributed by atoms with Gasteiger partial charge in [-0.15, -0.1) is 11.3 Å². The summed E-state index contributed by atoms with van der Waals surface area (Å²) in [5.41, 5.74) is 0. The van der Waals surface area contributed by atoms with E-state index < -0.39 is 0 Å². The van der Waals surface area contributed by atoms with E-state index in [4.69, 9.17) is 0 Å². The topological polar surface area (TPSA) is 31.4 Å². The fourth-order valence-corrected chi connectivity index (χ4v) is 3.33. The molecule has 4 nitrogen and oxygen atoms in total. The first-order valence-electron chi connectivity index (χ1n) is 6.68. The Hall–Kier alpha value is -0.650. The quantitative estimate of drug-likeness (QED) is 0.880. The number of likely N-dealkylation sites (tertiary alicyclic amines) is 1. The number of hydrogen-bond acceptors (Lipinski definition) is 5. The summed E-state index contributed by atoms with van der Waals surface area (Å²) in [6.07, 6.45) is 4.62. The number of nitrogens with zero attached hydrogens (tertiary/aromatic N) is 3. The molecule has 1 aromatic rings. The van der Waals surface area contributed by atoms with Gasteiger partial charge in [-0.1, -0.05) is 0 Å². The van der Waals surface area contributed by atoms with Crippen LogP contribution in [-0.4, -0.2) is 50.7 Å². The standard InChI is InChI=1S/C13H24N4S/c1-14-8-12-9-15-13(18-12)17(3)10-11-4-6-16(2)7-5-11/h9,11,14H,4-8,10H2,1-3H3.